The second kappa shape index (κ2) is 12.1. The number of amides is 2. The van der Waals surface area contributed by atoms with Crippen LogP contribution in [0, 0.1) is 11.3 Å². The van der Waals surface area contributed by atoms with Crippen molar-refractivity contribution in [1.29, 1.82) is 0 Å². The van der Waals surface area contributed by atoms with Crippen molar-refractivity contribution in [2.45, 2.75) is 49.8 Å². The molecule has 43 heavy (non-hydrogen) atoms. The Morgan fingerprint density at radius 2 is 1.74 bits per heavy atom. The van der Waals surface area contributed by atoms with Crippen molar-refractivity contribution in [2.75, 3.05) is 44.9 Å². The molecule has 3 aliphatic rings. The summed E-state index contributed by atoms with van der Waals surface area (Å²) in [5, 5.41) is 2.93. The highest BCUT2D eigenvalue weighted by molar-refractivity contribution is 7.91. The van der Waals surface area contributed by atoms with E-state index in [2.05, 4.69) is 5.32 Å². The number of rotatable bonds is 7. The molecule has 0 radical (unpaired) electrons. The maximum Gasteiger partial charge on any atom is 0.430 e. The molecule has 1 N–H and O–H groups in total. The lowest BCUT2D eigenvalue weighted by Crippen LogP contribution is -2.60. The van der Waals surface area contributed by atoms with Crippen LogP contribution in [-0.2, 0) is 29.8 Å². The Morgan fingerprint density at radius 1 is 1.07 bits per heavy atom. The summed E-state index contributed by atoms with van der Waals surface area (Å²) in [4.78, 5) is 27.5. The van der Waals surface area contributed by atoms with Crippen LogP contribution >= 0.6 is 0 Å². The van der Waals surface area contributed by atoms with Crippen LogP contribution in [0.1, 0.15) is 49.1 Å². The molecule has 2 amide bonds. The van der Waals surface area contributed by atoms with E-state index >= 15 is 0 Å². The first-order chi connectivity index (χ1) is 20.4. The van der Waals surface area contributed by atoms with Crippen molar-refractivity contribution < 1.29 is 40.7 Å². The van der Waals surface area contributed by atoms with Gasteiger partial charge in [-0.25, -0.2) is 8.42 Å². The summed E-state index contributed by atoms with van der Waals surface area (Å²) in [7, 11) is -2.19. The average Bonchev–Trinajstić information content (AvgIpc) is 2.97. The van der Waals surface area contributed by atoms with Gasteiger partial charge in [-0.05, 0) is 42.7 Å². The first kappa shape index (κ1) is 31.3. The van der Waals surface area contributed by atoms with E-state index < -0.39 is 32.9 Å². The van der Waals surface area contributed by atoms with Crippen LogP contribution < -0.4 is 10.1 Å². The van der Waals surface area contributed by atoms with E-state index in [1.165, 1.54) is 29.2 Å². The topological polar surface area (TPSA) is 102 Å². The number of nitrogens with zero attached hydrogens (tertiary/aromatic N) is 1. The number of alkyl halides is 3. The highest BCUT2D eigenvalue weighted by Crippen LogP contribution is 2.52. The van der Waals surface area contributed by atoms with Gasteiger partial charge in [0.15, 0.2) is 9.84 Å². The van der Waals surface area contributed by atoms with Crippen LogP contribution in [-0.4, -0.2) is 76.2 Å². The smallest absolute Gasteiger partial charge is 0.430 e. The predicted molar refractivity (Wildman–Crippen MR) is 153 cm³/mol. The molecule has 3 aliphatic heterocycles. The number of piperidine rings is 2. The number of ether oxygens (including phenoxy) is 2. The van der Waals surface area contributed by atoms with E-state index in [0.717, 1.165) is 19.1 Å². The minimum Gasteiger partial charge on any atom is -0.493 e. The molecule has 1 spiro atoms. The number of carbonyl (C=O) groups excluding carboxylic acids is 2. The minimum absolute atomic E-state index is 0.0274. The number of halogens is 3. The number of hydrogen-bond acceptors (Lipinski definition) is 6. The Morgan fingerprint density at radius 3 is 2.40 bits per heavy atom. The van der Waals surface area contributed by atoms with Crippen molar-refractivity contribution in [1.82, 2.24) is 10.2 Å². The van der Waals surface area contributed by atoms with Gasteiger partial charge in [0, 0.05) is 50.6 Å². The van der Waals surface area contributed by atoms with Gasteiger partial charge < -0.3 is 19.7 Å². The quantitative estimate of drug-likeness (QED) is 0.497. The molecule has 2 aromatic rings. The third kappa shape index (κ3) is 6.13. The second-order valence-electron chi connectivity index (χ2n) is 11.9. The number of nitrogens with one attached hydrogen (secondary N) is 1. The Kier molecular flexibility index (Phi) is 8.82. The maximum absolute atomic E-state index is 14.6. The summed E-state index contributed by atoms with van der Waals surface area (Å²) in [6.07, 6.45) is -2.83. The average molecular weight is 623 g/mol. The van der Waals surface area contributed by atoms with Crippen LogP contribution in [0.15, 0.2) is 54.6 Å². The van der Waals surface area contributed by atoms with Gasteiger partial charge in [-0.2, -0.15) is 13.2 Å². The van der Waals surface area contributed by atoms with Gasteiger partial charge >= 0.3 is 6.18 Å². The van der Waals surface area contributed by atoms with Gasteiger partial charge in [0.25, 0.3) is 11.5 Å². The molecule has 3 atom stereocenters. The van der Waals surface area contributed by atoms with Gasteiger partial charge in [0.2, 0.25) is 5.91 Å². The molecule has 0 bridgehead atoms. The summed E-state index contributed by atoms with van der Waals surface area (Å²) in [5.74, 6) is -0.753. The first-order valence-electron chi connectivity index (χ1n) is 14.6. The van der Waals surface area contributed by atoms with Crippen molar-refractivity contribution in [3.63, 3.8) is 0 Å². The molecule has 3 heterocycles. The number of methoxy groups -OCH3 is 1. The van der Waals surface area contributed by atoms with Crippen LogP contribution in [0.25, 0.3) is 0 Å². The van der Waals surface area contributed by atoms with Gasteiger partial charge in [0.05, 0.1) is 18.1 Å². The van der Waals surface area contributed by atoms with Crippen LogP contribution in [0.3, 0.4) is 0 Å². The summed E-state index contributed by atoms with van der Waals surface area (Å²) in [6, 6.07) is 14.4. The number of benzene rings is 2. The van der Waals surface area contributed by atoms with Crippen molar-refractivity contribution >= 4 is 21.7 Å². The first-order valence-corrected chi connectivity index (χ1v) is 16.4. The van der Waals surface area contributed by atoms with Crippen LogP contribution in [0.4, 0.5) is 13.2 Å². The molecule has 0 saturated carbocycles. The number of sulfone groups is 1. The Labute approximate surface area is 249 Å². The second-order valence-corrected chi connectivity index (χ2v) is 14.1. The number of para-hydroxylation sites is 1. The number of hydrogen-bond donors (Lipinski definition) is 1. The minimum atomic E-state index is -5.00. The molecule has 12 heteroatoms. The lowest BCUT2D eigenvalue weighted by molar-refractivity contribution is -0.271. The zero-order chi connectivity index (χ0) is 30.9. The SMILES string of the molecule is CO[C@@](C(=O)N1CCC2(CC1)CC(=O)NCC2c1ccccc1OC[C@@H]1CCCS(=O)(=O)C1)(c1ccccc1)C(F)(F)F. The third-order valence-corrected chi connectivity index (χ3v) is 11.2. The fourth-order valence-corrected chi connectivity index (χ4v) is 8.79. The van der Waals surface area contributed by atoms with Crippen LogP contribution in [0.5, 0.6) is 5.75 Å². The van der Waals surface area contributed by atoms with Gasteiger partial charge in [-0.3, -0.25) is 9.59 Å². The standard InChI is InChI=1S/C31H37F3N2O6S/c1-41-30(31(32,33)34,23-9-3-2-4-10-23)28(38)36-15-13-29(14-16-36)18-27(37)35-19-25(29)24-11-5-6-12-26(24)42-20-22-8-7-17-43(39,40)21-22/h2-6,9-12,22,25H,7-8,13-21H2,1H3,(H,35,37)/t22-,25?,30+/m0/s1. The van der Waals surface area contributed by atoms with Crippen LogP contribution in [0.2, 0.25) is 0 Å². The summed E-state index contributed by atoms with van der Waals surface area (Å²) in [6.45, 7) is 0.624. The molecular weight excluding hydrogens is 585 g/mol. The summed E-state index contributed by atoms with van der Waals surface area (Å²) < 4.78 is 79.2. The van der Waals surface area contributed by atoms with Gasteiger partial charge in [-0.15, -0.1) is 0 Å². The van der Waals surface area contributed by atoms with Gasteiger partial charge in [-0.1, -0.05) is 48.5 Å². The molecule has 8 nitrogen and oxygen atoms in total. The lowest BCUT2D eigenvalue weighted by Gasteiger charge is -2.50. The molecule has 0 aliphatic carbocycles. The molecule has 5 rings (SSSR count). The van der Waals surface area contributed by atoms with Crippen molar-refractivity contribution in [3.05, 3.63) is 65.7 Å². The van der Waals surface area contributed by atoms with E-state index in [0.29, 0.717) is 31.6 Å². The predicted octanol–water partition coefficient (Wildman–Crippen LogP) is 4.21. The lowest BCUT2D eigenvalue weighted by atomic mass is 9.62. The van der Waals surface area contributed by atoms with E-state index in [9.17, 15) is 31.2 Å². The summed E-state index contributed by atoms with van der Waals surface area (Å²) >= 11 is 0. The molecular formula is C31H37F3N2O6S. The van der Waals surface area contributed by atoms with E-state index in [1.54, 1.807) is 6.07 Å². The highest BCUT2D eigenvalue weighted by Gasteiger charge is 2.64. The Balaban J connectivity index is 1.37. The van der Waals surface area contributed by atoms with E-state index in [4.69, 9.17) is 9.47 Å². The maximum atomic E-state index is 14.6. The van der Waals surface area contributed by atoms with Crippen molar-refractivity contribution in [3.8, 4) is 5.75 Å². The van der Waals surface area contributed by atoms with Gasteiger partial charge in [0.1, 0.15) is 5.75 Å². The highest BCUT2D eigenvalue weighted by atomic mass is 32.2. The zero-order valence-electron chi connectivity index (χ0n) is 24.1. The largest absolute Gasteiger partial charge is 0.493 e. The van der Waals surface area contributed by atoms with E-state index in [-0.39, 0.29) is 60.9 Å². The fraction of sp³-hybridized carbons (Fsp3) is 0.548. The number of likely N-dealkylation sites (tertiary alicyclic amines) is 1. The monoisotopic (exact) mass is 622 g/mol. The molecule has 3 saturated heterocycles. The summed E-state index contributed by atoms with van der Waals surface area (Å²) in [5.41, 5.74) is -3.18. The molecule has 1 unspecified atom stereocenters. The molecule has 0 aromatic heterocycles. The van der Waals surface area contributed by atoms with E-state index in [1.807, 2.05) is 24.3 Å². The Bertz CT molecular complexity index is 1430. The molecule has 3 fully saturated rings. The Hall–Kier alpha value is -3.12. The zero-order valence-corrected chi connectivity index (χ0v) is 24.9. The number of carbonyl (C=O) groups is 2. The molecule has 2 aromatic carbocycles. The third-order valence-electron chi connectivity index (χ3n) is 9.31. The normalized spacial score (nSPS) is 25.0. The fourth-order valence-electron chi connectivity index (χ4n) is 7.04. The molecule has 234 valence electrons. The van der Waals surface area contributed by atoms with Crippen molar-refractivity contribution in [2.24, 2.45) is 11.3 Å².